The maximum absolute atomic E-state index is 11.9. The number of anilines is 1. The molecule has 6 nitrogen and oxygen atoms in total. The minimum absolute atomic E-state index is 0.0928. The van der Waals surface area contributed by atoms with Gasteiger partial charge in [0.2, 0.25) is 10.0 Å². The number of methoxy groups -OCH3 is 1. The fraction of sp³-hybridized carbons (Fsp3) is 0.462. The van der Waals surface area contributed by atoms with Crippen molar-refractivity contribution in [3.8, 4) is 0 Å². The van der Waals surface area contributed by atoms with E-state index in [9.17, 15) is 13.2 Å². The van der Waals surface area contributed by atoms with Crippen molar-refractivity contribution in [1.29, 1.82) is 0 Å². The molecule has 1 rings (SSSR count). The van der Waals surface area contributed by atoms with Crippen LogP contribution in [0.5, 0.6) is 0 Å². The molecule has 0 bridgehead atoms. The van der Waals surface area contributed by atoms with Gasteiger partial charge in [0.05, 0.1) is 18.6 Å². The van der Waals surface area contributed by atoms with Gasteiger partial charge < -0.3 is 10.1 Å². The minimum atomic E-state index is -3.46. The van der Waals surface area contributed by atoms with E-state index in [0.717, 1.165) is 5.56 Å². The highest BCUT2D eigenvalue weighted by molar-refractivity contribution is 7.92. The summed E-state index contributed by atoms with van der Waals surface area (Å²) in [6, 6.07) is 7.18. The van der Waals surface area contributed by atoms with Crippen molar-refractivity contribution in [3.05, 3.63) is 29.8 Å². The third-order valence-corrected chi connectivity index (χ3v) is 4.03. The van der Waals surface area contributed by atoms with Crippen molar-refractivity contribution in [2.24, 2.45) is 0 Å². The summed E-state index contributed by atoms with van der Waals surface area (Å²) >= 11 is 0. The molecule has 0 heterocycles. The second kappa shape index (κ2) is 7.86. The number of carbonyl (C=O) groups is 1. The zero-order chi connectivity index (χ0) is 15.0. The molecule has 0 aliphatic carbocycles. The summed E-state index contributed by atoms with van der Waals surface area (Å²) in [5, 5.41) is 2.98. The Morgan fingerprint density at radius 1 is 1.30 bits per heavy atom. The summed E-state index contributed by atoms with van der Waals surface area (Å²) in [6.07, 6.45) is 0.325. The van der Waals surface area contributed by atoms with E-state index in [2.05, 4.69) is 14.8 Å². The van der Waals surface area contributed by atoms with Crippen molar-refractivity contribution in [3.63, 3.8) is 0 Å². The van der Waals surface area contributed by atoms with Gasteiger partial charge in [0, 0.05) is 13.0 Å². The molecule has 0 unspecified atom stereocenters. The fourth-order valence-electron chi connectivity index (χ4n) is 1.69. The summed E-state index contributed by atoms with van der Waals surface area (Å²) in [5.41, 5.74) is 1.42. The topological polar surface area (TPSA) is 84.5 Å². The first-order valence-corrected chi connectivity index (χ1v) is 7.93. The molecule has 0 saturated heterocycles. The standard InChI is InChI=1S/C13H20N2O4S/c1-14-10-11-6-3-4-7-12(11)15-20(17,18)9-5-8-13(16)19-2/h3-4,6-7,14-15H,5,8-10H2,1-2H3. The predicted molar refractivity (Wildman–Crippen MR) is 77.9 cm³/mol. The molecule has 0 atom stereocenters. The third-order valence-electron chi connectivity index (χ3n) is 2.67. The Kier molecular flexibility index (Phi) is 6.47. The quantitative estimate of drug-likeness (QED) is 0.702. The molecule has 112 valence electrons. The molecule has 0 radical (unpaired) electrons. The second-order valence-corrected chi connectivity index (χ2v) is 6.13. The van der Waals surface area contributed by atoms with E-state index in [1.54, 1.807) is 19.2 Å². The van der Waals surface area contributed by atoms with Crippen molar-refractivity contribution in [2.75, 3.05) is 24.6 Å². The number of hydrogen-bond donors (Lipinski definition) is 2. The van der Waals surface area contributed by atoms with Gasteiger partial charge in [-0.2, -0.15) is 0 Å². The van der Waals surface area contributed by atoms with Gasteiger partial charge >= 0.3 is 5.97 Å². The number of para-hydroxylation sites is 1. The lowest BCUT2D eigenvalue weighted by atomic mass is 10.2. The Labute approximate surface area is 119 Å². The highest BCUT2D eigenvalue weighted by Crippen LogP contribution is 2.16. The van der Waals surface area contributed by atoms with Gasteiger partial charge in [0.25, 0.3) is 0 Å². The number of ether oxygens (including phenoxy) is 1. The van der Waals surface area contributed by atoms with Gasteiger partial charge in [-0.3, -0.25) is 9.52 Å². The molecule has 0 amide bonds. The largest absolute Gasteiger partial charge is 0.469 e. The third kappa shape index (κ3) is 5.58. The average Bonchev–Trinajstić information content (AvgIpc) is 2.40. The van der Waals surface area contributed by atoms with E-state index in [0.29, 0.717) is 12.2 Å². The van der Waals surface area contributed by atoms with Crippen LogP contribution in [0, 0.1) is 0 Å². The first kappa shape index (κ1) is 16.5. The SMILES string of the molecule is CNCc1ccccc1NS(=O)(=O)CCCC(=O)OC. The van der Waals surface area contributed by atoms with Crippen molar-refractivity contribution < 1.29 is 17.9 Å². The molecule has 0 fully saturated rings. The molecule has 2 N–H and O–H groups in total. The average molecular weight is 300 g/mol. The van der Waals surface area contributed by atoms with Crippen LogP contribution in [0.15, 0.2) is 24.3 Å². The van der Waals surface area contributed by atoms with Gasteiger partial charge in [0.1, 0.15) is 0 Å². The Morgan fingerprint density at radius 2 is 2.00 bits per heavy atom. The maximum atomic E-state index is 11.9. The van der Waals surface area contributed by atoms with E-state index >= 15 is 0 Å². The molecular formula is C13H20N2O4S. The number of esters is 1. The fourth-order valence-corrected chi connectivity index (χ4v) is 2.85. The van der Waals surface area contributed by atoms with Crippen molar-refractivity contribution in [2.45, 2.75) is 19.4 Å². The van der Waals surface area contributed by atoms with E-state index in [-0.39, 0.29) is 18.6 Å². The minimum Gasteiger partial charge on any atom is -0.469 e. The highest BCUT2D eigenvalue weighted by Gasteiger charge is 2.13. The number of sulfonamides is 1. The van der Waals surface area contributed by atoms with Crippen LogP contribution in [0.1, 0.15) is 18.4 Å². The van der Waals surface area contributed by atoms with Crippen LogP contribution in [-0.4, -0.2) is 34.3 Å². The van der Waals surface area contributed by atoms with Gasteiger partial charge in [-0.15, -0.1) is 0 Å². The van der Waals surface area contributed by atoms with Crippen molar-refractivity contribution in [1.82, 2.24) is 5.32 Å². The van der Waals surface area contributed by atoms with Gasteiger partial charge in [0.15, 0.2) is 0 Å². The Balaban J connectivity index is 2.64. The summed E-state index contributed by atoms with van der Waals surface area (Å²) in [5.74, 6) is -0.522. The lowest BCUT2D eigenvalue weighted by Crippen LogP contribution is -2.19. The van der Waals surface area contributed by atoms with E-state index < -0.39 is 16.0 Å². The van der Waals surface area contributed by atoms with Gasteiger partial charge in [-0.05, 0) is 25.1 Å². The summed E-state index contributed by atoms with van der Waals surface area (Å²) in [6.45, 7) is 0.570. The Hall–Kier alpha value is -1.60. The van der Waals surface area contributed by atoms with Gasteiger partial charge in [-0.1, -0.05) is 18.2 Å². The monoisotopic (exact) mass is 300 g/mol. The zero-order valence-electron chi connectivity index (χ0n) is 11.7. The summed E-state index contributed by atoms with van der Waals surface area (Å²) < 4.78 is 30.9. The molecular weight excluding hydrogens is 280 g/mol. The molecule has 0 saturated carbocycles. The zero-order valence-corrected chi connectivity index (χ0v) is 12.5. The highest BCUT2D eigenvalue weighted by atomic mass is 32.2. The van der Waals surface area contributed by atoms with E-state index in [4.69, 9.17) is 0 Å². The van der Waals surface area contributed by atoms with E-state index in [1.807, 2.05) is 12.1 Å². The first-order chi connectivity index (χ1) is 9.48. The Morgan fingerprint density at radius 3 is 2.65 bits per heavy atom. The van der Waals surface area contributed by atoms with Crippen LogP contribution in [0.4, 0.5) is 5.69 Å². The summed E-state index contributed by atoms with van der Waals surface area (Å²) in [7, 11) is -0.391. The summed E-state index contributed by atoms with van der Waals surface area (Å²) in [4.78, 5) is 10.9. The molecule has 20 heavy (non-hydrogen) atoms. The Bertz CT molecular complexity index is 543. The number of rotatable bonds is 8. The normalized spacial score (nSPS) is 11.1. The van der Waals surface area contributed by atoms with Crippen LogP contribution in [0.25, 0.3) is 0 Å². The van der Waals surface area contributed by atoms with Gasteiger partial charge in [-0.25, -0.2) is 8.42 Å². The molecule has 7 heteroatoms. The van der Waals surface area contributed by atoms with Crippen LogP contribution in [0.2, 0.25) is 0 Å². The van der Waals surface area contributed by atoms with Crippen LogP contribution >= 0.6 is 0 Å². The van der Waals surface area contributed by atoms with Crippen LogP contribution in [0.3, 0.4) is 0 Å². The second-order valence-electron chi connectivity index (χ2n) is 4.29. The van der Waals surface area contributed by atoms with Crippen LogP contribution < -0.4 is 10.0 Å². The van der Waals surface area contributed by atoms with Crippen molar-refractivity contribution >= 4 is 21.7 Å². The molecule has 0 aromatic heterocycles. The first-order valence-electron chi connectivity index (χ1n) is 6.28. The predicted octanol–water partition coefficient (Wildman–Crippen LogP) is 1.10. The number of nitrogens with one attached hydrogen (secondary N) is 2. The molecule has 1 aromatic carbocycles. The van der Waals surface area contributed by atoms with E-state index in [1.165, 1.54) is 7.11 Å². The smallest absolute Gasteiger partial charge is 0.305 e. The molecule has 1 aromatic rings. The molecule has 0 spiro atoms. The number of benzene rings is 1. The number of carbonyl (C=O) groups excluding carboxylic acids is 1. The lowest BCUT2D eigenvalue weighted by molar-refractivity contribution is -0.140. The van der Waals surface area contributed by atoms with Crippen LogP contribution in [-0.2, 0) is 26.1 Å². The maximum Gasteiger partial charge on any atom is 0.305 e. The molecule has 0 aliphatic rings. The number of hydrogen-bond acceptors (Lipinski definition) is 5. The molecule has 0 aliphatic heterocycles. The lowest BCUT2D eigenvalue weighted by Gasteiger charge is -2.12.